The number of carbonyl (C=O) groups excluding carboxylic acids is 1. The summed E-state index contributed by atoms with van der Waals surface area (Å²) < 4.78 is 10.2. The lowest BCUT2D eigenvalue weighted by molar-refractivity contribution is -0.156. The lowest BCUT2D eigenvalue weighted by atomic mass is 9.84. The van der Waals surface area contributed by atoms with Gasteiger partial charge in [-0.05, 0) is 19.8 Å². The maximum Gasteiger partial charge on any atom is 0.313 e. The smallest absolute Gasteiger partial charge is 0.313 e. The molecule has 1 N–H and O–H groups in total. The van der Waals surface area contributed by atoms with E-state index in [0.29, 0.717) is 32.5 Å². The monoisotopic (exact) mass is 256 g/mol. The maximum absolute atomic E-state index is 11.8. The van der Waals surface area contributed by atoms with E-state index < -0.39 is 23.8 Å². The molecule has 18 heavy (non-hydrogen) atoms. The Morgan fingerprint density at radius 3 is 2.83 bits per heavy atom. The van der Waals surface area contributed by atoms with Crippen molar-refractivity contribution >= 4 is 11.9 Å². The molecule has 0 aliphatic heterocycles. The lowest BCUT2D eigenvalue weighted by Crippen LogP contribution is -2.31. The summed E-state index contributed by atoms with van der Waals surface area (Å²) in [5.41, 5.74) is 0. The molecule has 0 amide bonds. The Morgan fingerprint density at radius 2 is 2.17 bits per heavy atom. The van der Waals surface area contributed by atoms with Crippen LogP contribution >= 0.6 is 0 Å². The Morgan fingerprint density at radius 1 is 1.39 bits per heavy atom. The normalized spacial score (nSPS) is 22.7. The van der Waals surface area contributed by atoms with Gasteiger partial charge in [-0.2, -0.15) is 0 Å². The highest BCUT2D eigenvalue weighted by Crippen LogP contribution is 2.26. The third-order valence-corrected chi connectivity index (χ3v) is 2.89. The second-order valence-corrected chi connectivity index (χ2v) is 4.19. The SMILES string of the molecule is CCOCCCOC(=O)C1C=CCCC1C(=O)O. The number of esters is 1. The van der Waals surface area contributed by atoms with Crippen LogP contribution in [0.25, 0.3) is 0 Å². The summed E-state index contributed by atoms with van der Waals surface area (Å²) in [5.74, 6) is -2.69. The number of aliphatic carboxylic acids is 1. The van der Waals surface area contributed by atoms with Crippen molar-refractivity contribution in [2.75, 3.05) is 19.8 Å². The molecule has 0 bridgehead atoms. The minimum absolute atomic E-state index is 0.273. The summed E-state index contributed by atoms with van der Waals surface area (Å²) in [4.78, 5) is 22.8. The van der Waals surface area contributed by atoms with Crippen molar-refractivity contribution < 1.29 is 24.2 Å². The van der Waals surface area contributed by atoms with Crippen molar-refractivity contribution in [2.24, 2.45) is 11.8 Å². The van der Waals surface area contributed by atoms with E-state index >= 15 is 0 Å². The molecule has 0 aromatic carbocycles. The highest BCUT2D eigenvalue weighted by Gasteiger charge is 2.34. The highest BCUT2D eigenvalue weighted by molar-refractivity contribution is 5.83. The van der Waals surface area contributed by atoms with Crippen molar-refractivity contribution in [2.45, 2.75) is 26.2 Å². The van der Waals surface area contributed by atoms with Crippen LogP contribution in [0.3, 0.4) is 0 Å². The second kappa shape index (κ2) is 7.87. The Bertz CT molecular complexity index is 311. The number of carboxylic acid groups (broad SMARTS) is 1. The van der Waals surface area contributed by atoms with Gasteiger partial charge < -0.3 is 14.6 Å². The first-order valence-electron chi connectivity index (χ1n) is 6.30. The van der Waals surface area contributed by atoms with Crippen LogP contribution in [0.2, 0.25) is 0 Å². The molecule has 1 aliphatic rings. The van der Waals surface area contributed by atoms with Crippen molar-refractivity contribution in [1.82, 2.24) is 0 Å². The third-order valence-electron chi connectivity index (χ3n) is 2.89. The molecule has 2 unspecified atom stereocenters. The number of rotatable bonds is 7. The molecule has 0 spiro atoms. The van der Waals surface area contributed by atoms with Gasteiger partial charge in [-0.3, -0.25) is 9.59 Å². The molecule has 0 aromatic rings. The zero-order chi connectivity index (χ0) is 13.4. The van der Waals surface area contributed by atoms with E-state index in [1.54, 1.807) is 6.08 Å². The molecule has 0 saturated carbocycles. The van der Waals surface area contributed by atoms with Gasteiger partial charge in [0.2, 0.25) is 0 Å². The van der Waals surface area contributed by atoms with E-state index in [2.05, 4.69) is 0 Å². The van der Waals surface area contributed by atoms with Crippen LogP contribution in [0.1, 0.15) is 26.2 Å². The predicted molar refractivity (Wildman–Crippen MR) is 65.1 cm³/mol. The van der Waals surface area contributed by atoms with Gasteiger partial charge in [-0.25, -0.2) is 0 Å². The molecule has 5 nitrogen and oxygen atoms in total. The van der Waals surface area contributed by atoms with E-state index in [9.17, 15) is 9.59 Å². The van der Waals surface area contributed by atoms with E-state index in [1.165, 1.54) is 0 Å². The van der Waals surface area contributed by atoms with Gasteiger partial charge in [0.25, 0.3) is 0 Å². The van der Waals surface area contributed by atoms with Gasteiger partial charge in [-0.1, -0.05) is 12.2 Å². The molecular formula is C13H20O5. The Kier molecular flexibility index (Phi) is 6.43. The Balaban J connectivity index is 2.37. The van der Waals surface area contributed by atoms with Crippen LogP contribution in [0, 0.1) is 11.8 Å². The van der Waals surface area contributed by atoms with Gasteiger partial charge in [-0.15, -0.1) is 0 Å². The quantitative estimate of drug-likeness (QED) is 0.426. The molecular weight excluding hydrogens is 236 g/mol. The first-order chi connectivity index (χ1) is 8.66. The van der Waals surface area contributed by atoms with Crippen molar-refractivity contribution in [1.29, 1.82) is 0 Å². The number of hydrogen-bond acceptors (Lipinski definition) is 4. The van der Waals surface area contributed by atoms with Crippen molar-refractivity contribution in [3.8, 4) is 0 Å². The molecule has 0 heterocycles. The number of ether oxygens (including phenoxy) is 2. The Hall–Kier alpha value is -1.36. The van der Waals surface area contributed by atoms with Crippen LogP contribution in [-0.4, -0.2) is 36.9 Å². The van der Waals surface area contributed by atoms with Crippen LogP contribution in [0.15, 0.2) is 12.2 Å². The zero-order valence-electron chi connectivity index (χ0n) is 10.6. The molecule has 1 aliphatic carbocycles. The maximum atomic E-state index is 11.8. The van der Waals surface area contributed by atoms with Crippen LogP contribution < -0.4 is 0 Å². The molecule has 5 heteroatoms. The average Bonchev–Trinajstić information content (AvgIpc) is 2.38. The highest BCUT2D eigenvalue weighted by atomic mass is 16.5. The first kappa shape index (κ1) is 14.7. The van der Waals surface area contributed by atoms with Gasteiger partial charge in [0.1, 0.15) is 0 Å². The Labute approximate surface area is 107 Å². The standard InChI is InChI=1S/C13H20O5/c1-2-17-8-5-9-18-13(16)11-7-4-3-6-10(11)12(14)15/h4,7,10-11H,2-3,5-6,8-9H2,1H3,(H,14,15). The summed E-state index contributed by atoms with van der Waals surface area (Å²) in [6.07, 6.45) is 5.31. The third kappa shape index (κ3) is 4.49. The van der Waals surface area contributed by atoms with Gasteiger partial charge >= 0.3 is 11.9 Å². The zero-order valence-corrected chi connectivity index (χ0v) is 10.6. The fraction of sp³-hybridized carbons (Fsp3) is 0.692. The van der Waals surface area contributed by atoms with Crippen LogP contribution in [-0.2, 0) is 19.1 Å². The largest absolute Gasteiger partial charge is 0.481 e. The van der Waals surface area contributed by atoms with Crippen molar-refractivity contribution in [3.05, 3.63) is 12.2 Å². The molecule has 0 fully saturated rings. The molecule has 2 atom stereocenters. The van der Waals surface area contributed by atoms with Crippen molar-refractivity contribution in [3.63, 3.8) is 0 Å². The number of carboxylic acids is 1. The summed E-state index contributed by atoms with van der Waals surface area (Å²) in [6.45, 7) is 3.36. The van der Waals surface area contributed by atoms with E-state index in [0.717, 1.165) is 0 Å². The molecule has 102 valence electrons. The molecule has 0 saturated heterocycles. The van der Waals surface area contributed by atoms with E-state index in [4.69, 9.17) is 14.6 Å². The minimum atomic E-state index is -0.935. The molecule has 0 aromatic heterocycles. The summed E-state index contributed by atoms with van der Waals surface area (Å²) in [5, 5.41) is 9.04. The predicted octanol–water partition coefficient (Wildman–Crippen LogP) is 1.62. The minimum Gasteiger partial charge on any atom is -0.481 e. The number of carbonyl (C=O) groups is 2. The lowest BCUT2D eigenvalue weighted by Gasteiger charge is -2.22. The topological polar surface area (TPSA) is 72.8 Å². The van der Waals surface area contributed by atoms with Gasteiger partial charge in [0.05, 0.1) is 18.4 Å². The van der Waals surface area contributed by atoms with Crippen LogP contribution in [0.4, 0.5) is 0 Å². The summed E-state index contributed by atoms with van der Waals surface area (Å²) in [7, 11) is 0. The number of allylic oxidation sites excluding steroid dienone is 1. The summed E-state index contributed by atoms with van der Waals surface area (Å²) in [6, 6.07) is 0. The first-order valence-corrected chi connectivity index (χ1v) is 6.30. The average molecular weight is 256 g/mol. The summed E-state index contributed by atoms with van der Waals surface area (Å²) >= 11 is 0. The number of hydrogen-bond donors (Lipinski definition) is 1. The molecule has 1 rings (SSSR count). The molecule has 0 radical (unpaired) electrons. The van der Waals surface area contributed by atoms with E-state index in [-0.39, 0.29) is 6.61 Å². The fourth-order valence-corrected chi connectivity index (χ4v) is 1.93. The second-order valence-electron chi connectivity index (χ2n) is 4.19. The fourth-order valence-electron chi connectivity index (χ4n) is 1.93. The van der Waals surface area contributed by atoms with Crippen LogP contribution in [0.5, 0.6) is 0 Å². The van der Waals surface area contributed by atoms with Gasteiger partial charge in [0, 0.05) is 19.6 Å². The van der Waals surface area contributed by atoms with E-state index in [1.807, 2.05) is 13.0 Å². The van der Waals surface area contributed by atoms with Gasteiger partial charge in [0.15, 0.2) is 0 Å².